The van der Waals surface area contributed by atoms with E-state index in [0.29, 0.717) is 0 Å². The first-order valence-corrected chi connectivity index (χ1v) is 7.21. The second kappa shape index (κ2) is 7.17. The molecule has 0 aliphatic carbocycles. The monoisotopic (exact) mass is 293 g/mol. The highest BCUT2D eigenvalue weighted by Crippen LogP contribution is 2.31. The Morgan fingerprint density at radius 2 is 1.95 bits per heavy atom. The molecule has 6 heteroatoms. The van der Waals surface area contributed by atoms with Gasteiger partial charge in [0.15, 0.2) is 0 Å². The fourth-order valence-electron chi connectivity index (χ4n) is 1.79. The van der Waals surface area contributed by atoms with E-state index in [1.165, 1.54) is 23.9 Å². The molecule has 108 valence electrons. The number of thioether (sulfide) groups is 1. The summed E-state index contributed by atoms with van der Waals surface area (Å²) in [5.74, 6) is 0. The molecule has 2 unspecified atom stereocenters. The number of halogens is 3. The van der Waals surface area contributed by atoms with Crippen LogP contribution in [0.2, 0.25) is 0 Å². The molecular formula is C13H18F3NOS. The van der Waals surface area contributed by atoms with Gasteiger partial charge in [-0.15, -0.1) is 0 Å². The maximum absolute atomic E-state index is 12.8. The average molecular weight is 293 g/mol. The van der Waals surface area contributed by atoms with E-state index >= 15 is 0 Å². The van der Waals surface area contributed by atoms with Gasteiger partial charge >= 0.3 is 6.18 Å². The van der Waals surface area contributed by atoms with Gasteiger partial charge in [-0.3, -0.25) is 0 Å². The van der Waals surface area contributed by atoms with Gasteiger partial charge in [0.2, 0.25) is 0 Å². The van der Waals surface area contributed by atoms with Crippen LogP contribution in [0.25, 0.3) is 0 Å². The van der Waals surface area contributed by atoms with Crippen LogP contribution < -0.4 is 5.32 Å². The van der Waals surface area contributed by atoms with Crippen molar-refractivity contribution in [2.45, 2.75) is 30.9 Å². The molecular weight excluding hydrogens is 275 g/mol. The summed E-state index contributed by atoms with van der Waals surface area (Å²) in [7, 11) is 0. The van der Waals surface area contributed by atoms with Crippen LogP contribution in [0.15, 0.2) is 24.3 Å². The number of benzene rings is 1. The minimum Gasteiger partial charge on any atom is -0.395 e. The summed E-state index contributed by atoms with van der Waals surface area (Å²) in [6, 6.07) is 5.46. The molecule has 0 amide bonds. The van der Waals surface area contributed by atoms with Crippen LogP contribution in [0, 0.1) is 0 Å². The summed E-state index contributed by atoms with van der Waals surface area (Å²) in [6.07, 6.45) is -2.47. The van der Waals surface area contributed by atoms with Gasteiger partial charge in [0, 0.05) is 17.8 Å². The number of aliphatic hydroxyl groups is 1. The van der Waals surface area contributed by atoms with Crippen LogP contribution in [0.5, 0.6) is 0 Å². The van der Waals surface area contributed by atoms with Gasteiger partial charge in [-0.2, -0.15) is 24.9 Å². The summed E-state index contributed by atoms with van der Waals surface area (Å²) in [4.78, 5) is 0. The fraction of sp³-hybridized carbons (Fsp3) is 0.538. The number of alkyl halides is 3. The molecule has 0 saturated carbocycles. The summed E-state index contributed by atoms with van der Waals surface area (Å²) < 4.78 is 38.4. The Kier molecular flexibility index (Phi) is 6.16. The Morgan fingerprint density at radius 3 is 2.47 bits per heavy atom. The zero-order valence-electron chi connectivity index (χ0n) is 10.9. The van der Waals surface area contributed by atoms with Gasteiger partial charge in [-0.1, -0.05) is 18.2 Å². The van der Waals surface area contributed by atoms with E-state index in [-0.39, 0.29) is 30.0 Å². The van der Waals surface area contributed by atoms with Gasteiger partial charge in [0.25, 0.3) is 0 Å². The Bertz CT molecular complexity index is 394. The van der Waals surface area contributed by atoms with E-state index in [4.69, 9.17) is 5.11 Å². The molecule has 0 radical (unpaired) electrons. The first kappa shape index (κ1) is 16.3. The highest BCUT2D eigenvalue weighted by molar-refractivity contribution is 7.99. The van der Waals surface area contributed by atoms with E-state index in [2.05, 4.69) is 5.32 Å². The highest BCUT2D eigenvalue weighted by atomic mass is 32.2. The zero-order valence-corrected chi connectivity index (χ0v) is 11.7. The van der Waals surface area contributed by atoms with E-state index in [9.17, 15) is 13.2 Å². The van der Waals surface area contributed by atoms with Crippen molar-refractivity contribution in [3.8, 4) is 0 Å². The molecule has 0 aliphatic heterocycles. The van der Waals surface area contributed by atoms with Crippen molar-refractivity contribution in [3.63, 3.8) is 0 Å². The molecule has 0 saturated heterocycles. The fourth-order valence-corrected chi connectivity index (χ4v) is 2.44. The molecule has 0 aliphatic rings. The molecule has 1 rings (SSSR count). The third-order valence-corrected chi connectivity index (χ3v) is 4.14. The summed E-state index contributed by atoms with van der Waals surface area (Å²) in [6.45, 7) is 1.98. The highest BCUT2D eigenvalue weighted by Gasteiger charge is 2.32. The number of hydrogen-bond acceptors (Lipinski definition) is 3. The minimum atomic E-state index is -4.34. The van der Waals surface area contributed by atoms with Crippen molar-refractivity contribution in [2.75, 3.05) is 12.9 Å². The quantitative estimate of drug-likeness (QED) is 0.846. The van der Waals surface area contributed by atoms with Crippen LogP contribution in [0.1, 0.15) is 18.1 Å². The molecule has 2 atom stereocenters. The van der Waals surface area contributed by atoms with E-state index in [1.54, 1.807) is 6.07 Å². The van der Waals surface area contributed by atoms with Gasteiger partial charge in [-0.25, -0.2) is 0 Å². The van der Waals surface area contributed by atoms with Gasteiger partial charge in [0.1, 0.15) is 0 Å². The standard InChI is InChI=1S/C13H18F3NOS/c1-9(12(8-18)19-2)17-7-10-5-3-4-6-11(10)13(14,15)16/h3-6,9,12,17-18H,7-8H2,1-2H3. The van der Waals surface area contributed by atoms with Crippen molar-refractivity contribution in [1.29, 1.82) is 0 Å². The Hall–Kier alpha value is -0.720. The normalized spacial score (nSPS) is 15.3. The van der Waals surface area contributed by atoms with Gasteiger partial charge < -0.3 is 10.4 Å². The third-order valence-electron chi connectivity index (χ3n) is 2.98. The zero-order chi connectivity index (χ0) is 14.5. The molecule has 1 aromatic rings. The third kappa shape index (κ3) is 4.71. The van der Waals surface area contributed by atoms with Gasteiger partial charge in [-0.05, 0) is 24.8 Å². The lowest BCUT2D eigenvalue weighted by Crippen LogP contribution is -2.37. The summed E-state index contributed by atoms with van der Waals surface area (Å²) in [5.41, 5.74) is -0.390. The van der Waals surface area contributed by atoms with Crippen LogP contribution in [0.3, 0.4) is 0 Å². The van der Waals surface area contributed by atoms with E-state index in [0.717, 1.165) is 6.07 Å². The molecule has 0 bridgehead atoms. The van der Waals surface area contributed by atoms with Crippen molar-refractivity contribution in [3.05, 3.63) is 35.4 Å². The van der Waals surface area contributed by atoms with Crippen molar-refractivity contribution < 1.29 is 18.3 Å². The lowest BCUT2D eigenvalue weighted by molar-refractivity contribution is -0.138. The topological polar surface area (TPSA) is 32.3 Å². The van der Waals surface area contributed by atoms with Crippen molar-refractivity contribution in [2.24, 2.45) is 0 Å². The summed E-state index contributed by atoms with van der Waals surface area (Å²) in [5, 5.41) is 12.1. The first-order valence-electron chi connectivity index (χ1n) is 5.92. The Labute approximate surface area is 115 Å². The molecule has 2 nitrogen and oxygen atoms in total. The largest absolute Gasteiger partial charge is 0.416 e. The molecule has 1 aromatic carbocycles. The van der Waals surface area contributed by atoms with Crippen LogP contribution >= 0.6 is 11.8 Å². The molecule has 0 heterocycles. The maximum atomic E-state index is 12.8. The predicted molar refractivity (Wildman–Crippen MR) is 72.1 cm³/mol. The lowest BCUT2D eigenvalue weighted by atomic mass is 10.1. The second-order valence-corrected chi connectivity index (χ2v) is 5.36. The number of hydrogen-bond donors (Lipinski definition) is 2. The molecule has 19 heavy (non-hydrogen) atoms. The number of aliphatic hydroxyl groups excluding tert-OH is 1. The second-order valence-electron chi connectivity index (χ2n) is 4.28. The van der Waals surface area contributed by atoms with Crippen LogP contribution in [-0.2, 0) is 12.7 Å². The SMILES string of the molecule is CSC(CO)C(C)NCc1ccccc1C(F)(F)F. The van der Waals surface area contributed by atoms with Crippen LogP contribution in [0.4, 0.5) is 13.2 Å². The number of nitrogens with one attached hydrogen (secondary N) is 1. The maximum Gasteiger partial charge on any atom is 0.416 e. The molecule has 0 spiro atoms. The first-order chi connectivity index (χ1) is 8.90. The number of rotatable bonds is 6. The van der Waals surface area contributed by atoms with Crippen LogP contribution in [-0.4, -0.2) is 29.3 Å². The molecule has 0 fully saturated rings. The van der Waals surface area contributed by atoms with Crippen molar-refractivity contribution in [1.82, 2.24) is 5.32 Å². The van der Waals surface area contributed by atoms with Crippen molar-refractivity contribution >= 4 is 11.8 Å². The van der Waals surface area contributed by atoms with E-state index < -0.39 is 11.7 Å². The Morgan fingerprint density at radius 1 is 1.32 bits per heavy atom. The van der Waals surface area contributed by atoms with Gasteiger partial charge in [0.05, 0.1) is 12.2 Å². The Balaban J connectivity index is 2.73. The molecule has 0 aromatic heterocycles. The van der Waals surface area contributed by atoms with E-state index in [1.807, 2.05) is 13.2 Å². The summed E-state index contributed by atoms with van der Waals surface area (Å²) >= 11 is 1.49. The molecule has 2 N–H and O–H groups in total. The average Bonchev–Trinajstić information content (AvgIpc) is 2.37. The predicted octanol–water partition coefficient (Wildman–Crippen LogP) is 2.91. The smallest absolute Gasteiger partial charge is 0.395 e. The lowest BCUT2D eigenvalue weighted by Gasteiger charge is -2.22. The minimum absolute atomic E-state index is 0.00372.